The molecule has 2 rings (SSSR count). The number of nitrogens with zero attached hydrogens (tertiary/aromatic N) is 4. The van der Waals surface area contributed by atoms with Gasteiger partial charge in [0, 0.05) is 9.26 Å². The van der Waals surface area contributed by atoms with Crippen LogP contribution in [0.3, 0.4) is 0 Å². The van der Waals surface area contributed by atoms with Crippen LogP contribution in [-0.2, 0) is 11.3 Å². The van der Waals surface area contributed by atoms with E-state index in [9.17, 15) is 4.79 Å². The molecule has 7 heteroatoms. The first-order chi connectivity index (χ1) is 8.67. The van der Waals surface area contributed by atoms with Gasteiger partial charge in [0.15, 0.2) is 0 Å². The van der Waals surface area contributed by atoms with E-state index in [4.69, 9.17) is 5.26 Å². The third kappa shape index (κ3) is 3.27. The zero-order chi connectivity index (χ0) is 13.0. The molecular weight excluding hydrogens is 345 g/mol. The van der Waals surface area contributed by atoms with E-state index in [1.165, 1.54) is 11.0 Å². The summed E-state index contributed by atoms with van der Waals surface area (Å²) in [6.07, 6.45) is 1.35. The number of benzene rings is 1. The van der Waals surface area contributed by atoms with Crippen molar-refractivity contribution in [2.75, 3.05) is 5.32 Å². The van der Waals surface area contributed by atoms with Gasteiger partial charge in [-0.15, -0.1) is 5.10 Å². The number of nitriles is 1. The van der Waals surface area contributed by atoms with Crippen molar-refractivity contribution in [1.82, 2.24) is 14.8 Å². The molecule has 0 bridgehead atoms. The van der Waals surface area contributed by atoms with Gasteiger partial charge in [0.2, 0.25) is 5.91 Å². The third-order valence-electron chi connectivity index (χ3n) is 2.07. The van der Waals surface area contributed by atoms with Crippen LogP contribution in [0.1, 0.15) is 5.82 Å². The SMILES string of the molecule is N#Cc1ncn(CC(=O)Nc2ccc(I)cc2)n1. The maximum atomic E-state index is 11.7. The largest absolute Gasteiger partial charge is 0.324 e. The lowest BCUT2D eigenvalue weighted by atomic mass is 10.3. The lowest BCUT2D eigenvalue weighted by Gasteiger charge is -2.04. The summed E-state index contributed by atoms with van der Waals surface area (Å²) < 4.78 is 2.42. The molecule has 0 fully saturated rings. The fourth-order valence-electron chi connectivity index (χ4n) is 1.30. The quantitative estimate of drug-likeness (QED) is 0.846. The first-order valence-electron chi connectivity index (χ1n) is 5.02. The number of amides is 1. The first-order valence-corrected chi connectivity index (χ1v) is 6.10. The molecule has 0 unspecified atom stereocenters. The Balaban J connectivity index is 1.96. The molecule has 1 aromatic heterocycles. The van der Waals surface area contributed by atoms with E-state index in [-0.39, 0.29) is 18.3 Å². The van der Waals surface area contributed by atoms with Crippen molar-refractivity contribution in [2.24, 2.45) is 0 Å². The van der Waals surface area contributed by atoms with Gasteiger partial charge < -0.3 is 5.32 Å². The molecule has 1 heterocycles. The predicted octanol–water partition coefficient (Wildman–Crippen LogP) is 1.39. The summed E-state index contributed by atoms with van der Waals surface area (Å²) in [4.78, 5) is 15.4. The van der Waals surface area contributed by atoms with Crippen molar-refractivity contribution < 1.29 is 4.79 Å². The minimum absolute atomic E-state index is 0.0284. The van der Waals surface area contributed by atoms with E-state index in [1.807, 2.05) is 24.3 Å². The van der Waals surface area contributed by atoms with Crippen LogP contribution in [0.5, 0.6) is 0 Å². The zero-order valence-corrected chi connectivity index (χ0v) is 11.3. The number of nitrogens with one attached hydrogen (secondary N) is 1. The second-order valence-electron chi connectivity index (χ2n) is 3.43. The monoisotopic (exact) mass is 353 g/mol. The smallest absolute Gasteiger partial charge is 0.252 e. The van der Waals surface area contributed by atoms with Crippen LogP contribution in [0.2, 0.25) is 0 Å². The van der Waals surface area contributed by atoms with Gasteiger partial charge in [-0.25, -0.2) is 9.67 Å². The van der Waals surface area contributed by atoms with E-state index >= 15 is 0 Å². The Bertz CT molecular complexity index is 599. The van der Waals surface area contributed by atoms with Gasteiger partial charge in [-0.05, 0) is 46.9 Å². The van der Waals surface area contributed by atoms with Crippen molar-refractivity contribution in [2.45, 2.75) is 6.54 Å². The van der Waals surface area contributed by atoms with E-state index in [0.29, 0.717) is 0 Å². The molecule has 0 aliphatic heterocycles. The minimum atomic E-state index is -0.217. The van der Waals surface area contributed by atoms with Crippen molar-refractivity contribution in [3.05, 3.63) is 40.0 Å². The van der Waals surface area contributed by atoms with Crippen molar-refractivity contribution >= 4 is 34.2 Å². The normalized spacial score (nSPS) is 9.78. The minimum Gasteiger partial charge on any atom is -0.324 e. The summed E-state index contributed by atoms with van der Waals surface area (Å²) in [5.74, 6) is -0.164. The van der Waals surface area contributed by atoms with Gasteiger partial charge in [-0.3, -0.25) is 4.79 Å². The van der Waals surface area contributed by atoms with Crippen molar-refractivity contribution in [1.29, 1.82) is 5.26 Å². The highest BCUT2D eigenvalue weighted by Gasteiger charge is 2.05. The average molecular weight is 353 g/mol. The molecule has 1 amide bonds. The van der Waals surface area contributed by atoms with Gasteiger partial charge in [-0.2, -0.15) is 5.26 Å². The summed E-state index contributed by atoms with van der Waals surface area (Å²) in [5.41, 5.74) is 0.723. The Hall–Kier alpha value is -1.95. The van der Waals surface area contributed by atoms with Gasteiger partial charge >= 0.3 is 0 Å². The summed E-state index contributed by atoms with van der Waals surface area (Å²) in [6.45, 7) is 0.0284. The number of anilines is 1. The molecule has 0 radical (unpaired) electrons. The van der Waals surface area contributed by atoms with Crippen LogP contribution in [0.4, 0.5) is 5.69 Å². The standard InChI is InChI=1S/C11H8IN5O/c12-8-1-3-9(4-2-8)15-11(18)6-17-7-14-10(5-13)16-17/h1-4,7H,6H2,(H,15,18). The van der Waals surface area contributed by atoms with Crippen LogP contribution >= 0.6 is 22.6 Å². The molecule has 0 saturated carbocycles. The van der Waals surface area contributed by atoms with Crippen LogP contribution in [0.15, 0.2) is 30.6 Å². The topological polar surface area (TPSA) is 83.6 Å². The number of carbonyl (C=O) groups is 1. The second kappa shape index (κ2) is 5.59. The Kier molecular flexibility index (Phi) is 3.88. The molecule has 0 saturated heterocycles. The fraction of sp³-hybridized carbons (Fsp3) is 0.0909. The lowest BCUT2D eigenvalue weighted by Crippen LogP contribution is -2.19. The van der Waals surface area contributed by atoms with Gasteiger partial charge in [-0.1, -0.05) is 0 Å². The maximum Gasteiger partial charge on any atom is 0.252 e. The Morgan fingerprint density at radius 3 is 2.78 bits per heavy atom. The fourth-order valence-corrected chi connectivity index (χ4v) is 1.66. The molecular formula is C11H8IN5O. The van der Waals surface area contributed by atoms with Crippen LogP contribution in [-0.4, -0.2) is 20.7 Å². The van der Waals surface area contributed by atoms with Crippen molar-refractivity contribution in [3.8, 4) is 6.07 Å². The lowest BCUT2D eigenvalue weighted by molar-refractivity contribution is -0.116. The molecule has 1 aromatic carbocycles. The number of hydrogen-bond donors (Lipinski definition) is 1. The average Bonchev–Trinajstić information content (AvgIpc) is 2.79. The molecule has 0 spiro atoms. The van der Waals surface area contributed by atoms with Crippen molar-refractivity contribution in [3.63, 3.8) is 0 Å². The van der Waals surface area contributed by atoms with Gasteiger partial charge in [0.1, 0.15) is 18.9 Å². The Morgan fingerprint density at radius 2 is 2.17 bits per heavy atom. The number of aromatic nitrogens is 3. The molecule has 90 valence electrons. The molecule has 2 aromatic rings. The molecule has 0 aliphatic carbocycles. The second-order valence-corrected chi connectivity index (χ2v) is 4.68. The first kappa shape index (κ1) is 12.5. The van der Waals surface area contributed by atoms with E-state index in [2.05, 4.69) is 38.0 Å². The van der Waals surface area contributed by atoms with Crippen LogP contribution in [0.25, 0.3) is 0 Å². The highest BCUT2D eigenvalue weighted by atomic mass is 127. The summed E-state index contributed by atoms with van der Waals surface area (Å²) in [5, 5.41) is 15.1. The number of carbonyl (C=O) groups excluding carboxylic acids is 1. The molecule has 18 heavy (non-hydrogen) atoms. The number of rotatable bonds is 3. The zero-order valence-electron chi connectivity index (χ0n) is 9.17. The van der Waals surface area contributed by atoms with E-state index < -0.39 is 0 Å². The number of halogens is 1. The Morgan fingerprint density at radius 1 is 1.44 bits per heavy atom. The summed E-state index contributed by atoms with van der Waals surface area (Å²) in [6, 6.07) is 9.25. The highest BCUT2D eigenvalue weighted by Crippen LogP contribution is 2.10. The third-order valence-corrected chi connectivity index (χ3v) is 2.79. The molecule has 0 atom stereocenters. The highest BCUT2D eigenvalue weighted by molar-refractivity contribution is 14.1. The molecule has 1 N–H and O–H groups in total. The van der Waals surface area contributed by atoms with Gasteiger partial charge in [0.25, 0.3) is 5.82 Å². The van der Waals surface area contributed by atoms with E-state index in [0.717, 1.165) is 9.26 Å². The van der Waals surface area contributed by atoms with Crippen LogP contribution < -0.4 is 5.32 Å². The van der Waals surface area contributed by atoms with Gasteiger partial charge in [0.05, 0.1) is 0 Å². The maximum absolute atomic E-state index is 11.7. The predicted molar refractivity (Wildman–Crippen MR) is 72.5 cm³/mol. The summed E-state index contributed by atoms with van der Waals surface area (Å²) in [7, 11) is 0. The molecule has 0 aliphatic rings. The van der Waals surface area contributed by atoms with Crippen LogP contribution in [0, 0.1) is 14.9 Å². The number of hydrogen-bond acceptors (Lipinski definition) is 4. The molecule has 6 nitrogen and oxygen atoms in total. The summed E-state index contributed by atoms with van der Waals surface area (Å²) >= 11 is 2.19. The van der Waals surface area contributed by atoms with E-state index in [1.54, 1.807) is 6.07 Å². The Labute approximate surface area is 117 Å².